The third-order valence-corrected chi connectivity index (χ3v) is 5.22. The van der Waals surface area contributed by atoms with Gasteiger partial charge >= 0.3 is 0 Å². The van der Waals surface area contributed by atoms with Crippen molar-refractivity contribution in [3.63, 3.8) is 0 Å². The van der Waals surface area contributed by atoms with Gasteiger partial charge in [-0.3, -0.25) is 4.90 Å². The van der Waals surface area contributed by atoms with E-state index in [4.69, 9.17) is 0 Å². The van der Waals surface area contributed by atoms with Gasteiger partial charge in [0.1, 0.15) is 5.82 Å². The van der Waals surface area contributed by atoms with Crippen LogP contribution in [0.4, 0.5) is 14.6 Å². The van der Waals surface area contributed by atoms with Crippen LogP contribution in [-0.4, -0.2) is 28.0 Å². The molecular weight excluding hydrogens is 358 g/mol. The van der Waals surface area contributed by atoms with Crippen LogP contribution in [0.25, 0.3) is 10.9 Å². The first-order valence-electron chi connectivity index (χ1n) is 9.78. The van der Waals surface area contributed by atoms with E-state index in [0.717, 1.165) is 30.6 Å². The van der Waals surface area contributed by atoms with Crippen molar-refractivity contribution >= 4 is 16.7 Å². The number of halogens is 2. The predicted molar refractivity (Wildman–Crippen MR) is 107 cm³/mol. The molecule has 28 heavy (non-hydrogen) atoms. The van der Waals surface area contributed by atoms with Crippen molar-refractivity contribution in [1.29, 1.82) is 0 Å². The molecule has 146 valence electrons. The van der Waals surface area contributed by atoms with Gasteiger partial charge in [0.2, 0.25) is 0 Å². The summed E-state index contributed by atoms with van der Waals surface area (Å²) < 4.78 is 26.4. The first-order chi connectivity index (χ1) is 13.7. The zero-order chi connectivity index (χ0) is 19.3. The number of para-hydroxylation sites is 1. The molecule has 4 nitrogen and oxygen atoms in total. The zero-order valence-electron chi connectivity index (χ0n) is 15.7. The predicted octanol–water partition coefficient (Wildman–Crippen LogP) is 5.17. The Balaban J connectivity index is 1.56. The average Bonchev–Trinajstić information content (AvgIpc) is 2.73. The zero-order valence-corrected chi connectivity index (χ0v) is 15.7. The van der Waals surface area contributed by atoms with Gasteiger partial charge in [0.05, 0.1) is 5.52 Å². The first kappa shape index (κ1) is 18.7. The molecule has 0 amide bonds. The normalized spacial score (nSPS) is 15.2. The number of nitrogens with zero attached hydrogens (tertiary/aromatic N) is 3. The lowest BCUT2D eigenvalue weighted by molar-refractivity contribution is 0.141. The molecule has 2 aromatic carbocycles. The molecule has 0 bridgehead atoms. The summed E-state index contributed by atoms with van der Waals surface area (Å²) in [4.78, 5) is 10.5. The van der Waals surface area contributed by atoms with E-state index >= 15 is 0 Å². The van der Waals surface area contributed by atoms with Crippen molar-refractivity contribution in [2.24, 2.45) is 0 Å². The van der Waals surface area contributed by atoms with Crippen molar-refractivity contribution in [2.45, 2.75) is 38.8 Å². The molecule has 3 aromatic rings. The summed E-state index contributed by atoms with van der Waals surface area (Å²) in [5.74, 6) is 0.0106. The molecule has 1 aliphatic heterocycles. The lowest BCUT2D eigenvalue weighted by Crippen LogP contribution is -2.29. The molecule has 0 radical (unpaired) electrons. The SMILES string of the molecule is FC(F)c1nc(NCc2ccccc2CN2CCCCC2)c2ccccc2n1. The van der Waals surface area contributed by atoms with Crippen molar-refractivity contribution in [2.75, 3.05) is 18.4 Å². The van der Waals surface area contributed by atoms with E-state index in [1.54, 1.807) is 12.1 Å². The molecule has 4 rings (SSSR count). The maximum absolute atomic E-state index is 13.2. The summed E-state index contributed by atoms with van der Waals surface area (Å²) in [6.07, 6.45) is 1.12. The maximum Gasteiger partial charge on any atom is 0.297 e. The van der Waals surface area contributed by atoms with Crippen LogP contribution in [0.1, 0.15) is 42.6 Å². The Kier molecular flexibility index (Phi) is 5.76. The van der Waals surface area contributed by atoms with Crippen LogP contribution >= 0.6 is 0 Å². The summed E-state index contributed by atoms with van der Waals surface area (Å²) >= 11 is 0. The van der Waals surface area contributed by atoms with E-state index in [1.165, 1.54) is 24.8 Å². The van der Waals surface area contributed by atoms with E-state index in [0.29, 0.717) is 17.9 Å². The van der Waals surface area contributed by atoms with Gasteiger partial charge < -0.3 is 5.32 Å². The molecule has 0 saturated carbocycles. The van der Waals surface area contributed by atoms with Gasteiger partial charge in [-0.2, -0.15) is 0 Å². The number of aromatic nitrogens is 2. The second kappa shape index (κ2) is 8.61. The Morgan fingerprint density at radius 1 is 0.893 bits per heavy atom. The van der Waals surface area contributed by atoms with Crippen LogP contribution < -0.4 is 5.32 Å². The summed E-state index contributed by atoms with van der Waals surface area (Å²) in [7, 11) is 0. The highest BCUT2D eigenvalue weighted by molar-refractivity contribution is 5.89. The van der Waals surface area contributed by atoms with Crippen molar-refractivity contribution in [3.05, 3.63) is 65.5 Å². The van der Waals surface area contributed by atoms with Gasteiger partial charge in [0.25, 0.3) is 6.43 Å². The van der Waals surface area contributed by atoms with Crippen molar-refractivity contribution in [3.8, 4) is 0 Å². The Morgan fingerprint density at radius 2 is 1.61 bits per heavy atom. The molecule has 0 atom stereocenters. The molecule has 1 N–H and O–H groups in total. The fourth-order valence-corrected chi connectivity index (χ4v) is 3.75. The number of likely N-dealkylation sites (tertiary alicyclic amines) is 1. The molecule has 1 aromatic heterocycles. The van der Waals surface area contributed by atoms with Crippen LogP contribution in [0.5, 0.6) is 0 Å². The number of fused-ring (bicyclic) bond motifs is 1. The van der Waals surface area contributed by atoms with Gasteiger partial charge in [-0.15, -0.1) is 0 Å². The average molecular weight is 382 g/mol. The number of nitrogens with one attached hydrogen (secondary N) is 1. The maximum atomic E-state index is 13.2. The van der Waals surface area contributed by atoms with Crippen molar-refractivity contribution in [1.82, 2.24) is 14.9 Å². The highest BCUT2D eigenvalue weighted by atomic mass is 19.3. The quantitative estimate of drug-likeness (QED) is 0.639. The lowest BCUT2D eigenvalue weighted by Gasteiger charge is -2.27. The molecule has 0 aliphatic carbocycles. The topological polar surface area (TPSA) is 41.1 Å². The van der Waals surface area contributed by atoms with Gasteiger partial charge in [-0.1, -0.05) is 42.8 Å². The Morgan fingerprint density at radius 3 is 2.39 bits per heavy atom. The van der Waals surface area contributed by atoms with Crippen LogP contribution in [0.3, 0.4) is 0 Å². The van der Waals surface area contributed by atoms with E-state index in [-0.39, 0.29) is 0 Å². The van der Waals surface area contributed by atoms with Crippen LogP contribution in [0.15, 0.2) is 48.5 Å². The summed E-state index contributed by atoms with van der Waals surface area (Å²) in [6, 6.07) is 15.5. The Labute approximate surface area is 163 Å². The van der Waals surface area contributed by atoms with Crippen LogP contribution in [0, 0.1) is 0 Å². The Hall–Kier alpha value is -2.60. The highest BCUT2D eigenvalue weighted by Gasteiger charge is 2.16. The molecule has 0 spiro atoms. The first-order valence-corrected chi connectivity index (χ1v) is 9.78. The molecule has 1 fully saturated rings. The minimum atomic E-state index is -2.70. The Bertz CT molecular complexity index is 939. The summed E-state index contributed by atoms with van der Waals surface area (Å²) in [5.41, 5.74) is 2.95. The molecule has 2 heterocycles. The largest absolute Gasteiger partial charge is 0.365 e. The number of alkyl halides is 2. The molecule has 6 heteroatoms. The molecule has 0 unspecified atom stereocenters. The fraction of sp³-hybridized carbons (Fsp3) is 0.364. The molecule has 1 aliphatic rings. The fourth-order valence-electron chi connectivity index (χ4n) is 3.75. The second-order valence-corrected chi connectivity index (χ2v) is 7.21. The summed E-state index contributed by atoms with van der Waals surface area (Å²) in [6.45, 7) is 3.73. The lowest BCUT2D eigenvalue weighted by atomic mass is 10.0. The van der Waals surface area contributed by atoms with Gasteiger partial charge in [0.15, 0.2) is 5.82 Å². The number of benzene rings is 2. The van der Waals surface area contributed by atoms with Gasteiger partial charge in [-0.25, -0.2) is 18.7 Å². The van der Waals surface area contributed by atoms with Gasteiger partial charge in [-0.05, 0) is 49.2 Å². The minimum Gasteiger partial charge on any atom is -0.365 e. The summed E-state index contributed by atoms with van der Waals surface area (Å²) in [5, 5.41) is 4.02. The number of hydrogen-bond donors (Lipinski definition) is 1. The highest BCUT2D eigenvalue weighted by Crippen LogP contribution is 2.25. The number of piperidine rings is 1. The number of anilines is 1. The van der Waals surface area contributed by atoms with Gasteiger partial charge in [0, 0.05) is 18.5 Å². The van der Waals surface area contributed by atoms with E-state index < -0.39 is 12.2 Å². The second-order valence-electron chi connectivity index (χ2n) is 7.21. The minimum absolute atomic E-state index is 0.442. The molecule has 1 saturated heterocycles. The number of hydrogen-bond acceptors (Lipinski definition) is 4. The standard InChI is InChI=1S/C22H24F2N4/c23-20(24)22-26-19-11-5-4-10-18(19)21(27-22)25-14-16-8-2-3-9-17(16)15-28-12-6-1-7-13-28/h2-5,8-11,20H,1,6-7,12-15H2,(H,25,26,27). The third kappa shape index (κ3) is 4.28. The number of rotatable bonds is 6. The third-order valence-electron chi connectivity index (χ3n) is 5.22. The van der Waals surface area contributed by atoms with Crippen LogP contribution in [0.2, 0.25) is 0 Å². The van der Waals surface area contributed by atoms with E-state index in [2.05, 4.69) is 38.4 Å². The smallest absolute Gasteiger partial charge is 0.297 e. The monoisotopic (exact) mass is 382 g/mol. The van der Waals surface area contributed by atoms with E-state index in [9.17, 15) is 8.78 Å². The van der Waals surface area contributed by atoms with Crippen LogP contribution in [-0.2, 0) is 13.1 Å². The van der Waals surface area contributed by atoms with E-state index in [1.807, 2.05) is 18.2 Å². The van der Waals surface area contributed by atoms with Crippen molar-refractivity contribution < 1.29 is 8.78 Å². The molecular formula is C22H24F2N4.